The minimum atomic E-state index is -2.44. The molecule has 0 heterocycles. The van der Waals surface area contributed by atoms with E-state index in [1.807, 2.05) is 0 Å². The average molecular weight is 216 g/mol. The second-order valence-corrected chi connectivity index (χ2v) is 3.63. The molecular formula is C9H10F2N2S. The van der Waals surface area contributed by atoms with Crippen LogP contribution in [0.4, 0.5) is 14.5 Å². The van der Waals surface area contributed by atoms with Crippen molar-refractivity contribution in [3.05, 3.63) is 24.3 Å². The van der Waals surface area contributed by atoms with E-state index in [0.29, 0.717) is 28.2 Å². The number of amidine groups is 1. The Morgan fingerprint density at radius 3 is 2.64 bits per heavy atom. The lowest BCUT2D eigenvalue weighted by atomic mass is 10.3. The summed E-state index contributed by atoms with van der Waals surface area (Å²) in [6.07, 6.45) is 0. The lowest BCUT2D eigenvalue weighted by molar-refractivity contribution is 0.252. The Kier molecular flexibility index (Phi) is 3.88. The molecule has 0 bridgehead atoms. The zero-order valence-electron chi connectivity index (χ0n) is 7.58. The summed E-state index contributed by atoms with van der Waals surface area (Å²) >= 11 is 0.471. The molecule has 0 aliphatic heterocycles. The van der Waals surface area contributed by atoms with Crippen molar-refractivity contribution in [2.24, 2.45) is 10.7 Å². The first kappa shape index (κ1) is 11.0. The molecule has 0 fully saturated rings. The number of rotatable bonds is 3. The van der Waals surface area contributed by atoms with Crippen LogP contribution in [0.1, 0.15) is 6.92 Å². The molecule has 0 unspecified atom stereocenters. The number of benzene rings is 1. The summed E-state index contributed by atoms with van der Waals surface area (Å²) in [5.41, 5.74) is 5.86. The highest BCUT2D eigenvalue weighted by atomic mass is 32.2. The van der Waals surface area contributed by atoms with Crippen LogP contribution in [0, 0.1) is 0 Å². The van der Waals surface area contributed by atoms with Crippen molar-refractivity contribution in [2.45, 2.75) is 17.6 Å². The van der Waals surface area contributed by atoms with E-state index in [4.69, 9.17) is 5.73 Å². The predicted octanol–water partition coefficient (Wildman–Crippen LogP) is 3.01. The fourth-order valence-corrected chi connectivity index (χ4v) is 1.52. The summed E-state index contributed by atoms with van der Waals surface area (Å²) in [6, 6.07) is 6.67. The zero-order chi connectivity index (χ0) is 10.6. The molecule has 0 saturated heterocycles. The summed E-state index contributed by atoms with van der Waals surface area (Å²) in [5, 5.41) is 0. The molecule has 1 rings (SSSR count). The zero-order valence-corrected chi connectivity index (χ0v) is 8.39. The van der Waals surface area contributed by atoms with Crippen LogP contribution in [0.15, 0.2) is 34.2 Å². The van der Waals surface area contributed by atoms with Gasteiger partial charge in [-0.3, -0.25) is 0 Å². The van der Waals surface area contributed by atoms with Gasteiger partial charge in [0.2, 0.25) is 0 Å². The maximum atomic E-state index is 12.1. The first-order chi connectivity index (χ1) is 6.59. The van der Waals surface area contributed by atoms with Crippen LogP contribution in [-0.2, 0) is 0 Å². The fraction of sp³-hybridized carbons (Fsp3) is 0.222. The van der Waals surface area contributed by atoms with Gasteiger partial charge in [-0.25, -0.2) is 4.99 Å². The molecule has 14 heavy (non-hydrogen) atoms. The van der Waals surface area contributed by atoms with Gasteiger partial charge in [-0.05, 0) is 19.1 Å². The van der Waals surface area contributed by atoms with E-state index in [1.54, 1.807) is 31.2 Å². The number of aliphatic imine (C=N–C) groups is 1. The maximum Gasteiger partial charge on any atom is 0.288 e. The van der Waals surface area contributed by atoms with Crippen LogP contribution in [0.3, 0.4) is 0 Å². The van der Waals surface area contributed by atoms with Gasteiger partial charge in [0.05, 0.1) is 11.5 Å². The highest BCUT2D eigenvalue weighted by Crippen LogP contribution is 2.33. The van der Waals surface area contributed by atoms with Crippen LogP contribution >= 0.6 is 11.8 Å². The van der Waals surface area contributed by atoms with Crippen molar-refractivity contribution in [3.63, 3.8) is 0 Å². The number of para-hydroxylation sites is 1. The largest absolute Gasteiger partial charge is 0.387 e. The molecular weight excluding hydrogens is 206 g/mol. The Morgan fingerprint density at radius 1 is 1.43 bits per heavy atom. The summed E-state index contributed by atoms with van der Waals surface area (Å²) in [4.78, 5) is 4.39. The summed E-state index contributed by atoms with van der Waals surface area (Å²) in [6.45, 7) is 1.61. The lowest BCUT2D eigenvalue weighted by Gasteiger charge is -2.03. The quantitative estimate of drug-likeness (QED) is 0.479. The molecule has 0 radical (unpaired) electrons. The number of halogens is 2. The van der Waals surface area contributed by atoms with E-state index in [0.717, 1.165) is 0 Å². The van der Waals surface area contributed by atoms with Crippen LogP contribution in [-0.4, -0.2) is 11.6 Å². The molecule has 76 valence electrons. The van der Waals surface area contributed by atoms with Crippen LogP contribution in [0.2, 0.25) is 0 Å². The second-order valence-electron chi connectivity index (χ2n) is 2.60. The van der Waals surface area contributed by atoms with E-state index in [2.05, 4.69) is 4.99 Å². The average Bonchev–Trinajstić information content (AvgIpc) is 2.06. The minimum absolute atomic E-state index is 0.354. The summed E-state index contributed by atoms with van der Waals surface area (Å²) < 4.78 is 24.2. The number of hydrogen-bond acceptors (Lipinski definition) is 2. The van der Waals surface area contributed by atoms with Gasteiger partial charge < -0.3 is 5.73 Å². The number of nitrogens with zero attached hydrogens (tertiary/aromatic N) is 1. The van der Waals surface area contributed by atoms with Crippen molar-refractivity contribution in [1.82, 2.24) is 0 Å². The summed E-state index contributed by atoms with van der Waals surface area (Å²) in [7, 11) is 0. The van der Waals surface area contributed by atoms with Gasteiger partial charge in [-0.1, -0.05) is 23.9 Å². The van der Waals surface area contributed by atoms with Gasteiger partial charge in [0.15, 0.2) is 0 Å². The van der Waals surface area contributed by atoms with Crippen molar-refractivity contribution >= 4 is 23.3 Å². The molecule has 2 N–H and O–H groups in total. The van der Waals surface area contributed by atoms with Gasteiger partial charge >= 0.3 is 0 Å². The van der Waals surface area contributed by atoms with Crippen molar-refractivity contribution in [2.75, 3.05) is 0 Å². The van der Waals surface area contributed by atoms with Crippen LogP contribution in [0.5, 0.6) is 0 Å². The van der Waals surface area contributed by atoms with E-state index in [1.165, 1.54) is 0 Å². The highest BCUT2D eigenvalue weighted by molar-refractivity contribution is 7.99. The molecule has 0 saturated carbocycles. The lowest BCUT2D eigenvalue weighted by Crippen LogP contribution is -2.03. The molecule has 0 aliphatic carbocycles. The minimum Gasteiger partial charge on any atom is -0.387 e. The third-order valence-electron chi connectivity index (χ3n) is 1.38. The number of nitrogens with two attached hydrogens (primary N) is 1. The Bertz CT molecular complexity index is 335. The standard InChI is InChI=1S/C9H10F2N2S/c1-6(12)13-7-4-2-3-5-8(7)14-9(10)11/h2-5,9H,1H3,(H2,12,13). The van der Waals surface area contributed by atoms with Gasteiger partial charge in [-0.2, -0.15) is 8.78 Å². The molecule has 5 heteroatoms. The van der Waals surface area contributed by atoms with Gasteiger partial charge in [0.1, 0.15) is 0 Å². The number of thioether (sulfide) groups is 1. The molecule has 0 spiro atoms. The highest BCUT2D eigenvalue weighted by Gasteiger charge is 2.08. The van der Waals surface area contributed by atoms with E-state index >= 15 is 0 Å². The molecule has 1 aromatic carbocycles. The van der Waals surface area contributed by atoms with Gasteiger partial charge in [-0.15, -0.1) is 0 Å². The molecule has 2 nitrogen and oxygen atoms in total. The monoisotopic (exact) mass is 216 g/mol. The van der Waals surface area contributed by atoms with Gasteiger partial charge in [0, 0.05) is 4.90 Å². The van der Waals surface area contributed by atoms with Crippen LogP contribution in [0.25, 0.3) is 0 Å². The Balaban J connectivity index is 2.97. The molecule has 0 aromatic heterocycles. The third kappa shape index (κ3) is 3.33. The van der Waals surface area contributed by atoms with Crippen molar-refractivity contribution in [3.8, 4) is 0 Å². The molecule has 1 aromatic rings. The van der Waals surface area contributed by atoms with E-state index in [-0.39, 0.29) is 0 Å². The summed E-state index contributed by atoms with van der Waals surface area (Å²) in [5.74, 6) is -2.09. The van der Waals surface area contributed by atoms with E-state index < -0.39 is 5.76 Å². The Hall–Kier alpha value is -1.10. The Morgan fingerprint density at radius 2 is 2.07 bits per heavy atom. The smallest absolute Gasteiger partial charge is 0.288 e. The van der Waals surface area contributed by atoms with Gasteiger partial charge in [0.25, 0.3) is 5.76 Å². The number of hydrogen-bond donors (Lipinski definition) is 1. The van der Waals surface area contributed by atoms with Crippen molar-refractivity contribution in [1.29, 1.82) is 0 Å². The normalized spacial score (nSPS) is 12.1. The number of alkyl halides is 2. The molecule has 0 amide bonds. The predicted molar refractivity (Wildman–Crippen MR) is 55.3 cm³/mol. The second kappa shape index (κ2) is 4.95. The maximum absolute atomic E-state index is 12.1. The first-order valence-electron chi connectivity index (χ1n) is 3.94. The van der Waals surface area contributed by atoms with Crippen molar-refractivity contribution < 1.29 is 8.78 Å². The Labute approximate surface area is 85.2 Å². The fourth-order valence-electron chi connectivity index (χ4n) is 0.935. The third-order valence-corrected chi connectivity index (χ3v) is 2.16. The SMILES string of the molecule is CC(N)=Nc1ccccc1SC(F)F. The topological polar surface area (TPSA) is 38.4 Å². The molecule has 0 atom stereocenters. The first-order valence-corrected chi connectivity index (χ1v) is 4.82. The molecule has 0 aliphatic rings. The van der Waals surface area contributed by atoms with E-state index in [9.17, 15) is 8.78 Å². The van der Waals surface area contributed by atoms with Crippen LogP contribution < -0.4 is 5.73 Å².